The number of carbonyl (C=O) groups is 1. The summed E-state index contributed by atoms with van der Waals surface area (Å²) in [6.07, 6.45) is 0.631. The fourth-order valence-electron chi connectivity index (χ4n) is 5.27. The van der Waals surface area contributed by atoms with E-state index in [1.165, 1.54) is 47.8 Å². The number of amides is 1. The molecular weight excluding hydrogens is 572 g/mol. The largest absolute Gasteiger partial charge is 0.457 e. The number of benzene rings is 1. The molecule has 43 heavy (non-hydrogen) atoms. The van der Waals surface area contributed by atoms with Crippen LogP contribution in [0.3, 0.4) is 0 Å². The number of nitrogens with one attached hydrogen (secondary N) is 2. The van der Waals surface area contributed by atoms with Crippen molar-refractivity contribution in [3.05, 3.63) is 67.0 Å². The van der Waals surface area contributed by atoms with E-state index >= 15 is 4.39 Å². The van der Waals surface area contributed by atoms with Crippen LogP contribution in [-0.2, 0) is 4.79 Å². The second-order valence-electron chi connectivity index (χ2n) is 10.5. The first-order valence-electron chi connectivity index (χ1n) is 13.4. The van der Waals surface area contributed by atoms with Crippen molar-refractivity contribution in [3.8, 4) is 11.5 Å². The Bertz CT molecular complexity index is 1680. The molecule has 0 bridgehead atoms. The summed E-state index contributed by atoms with van der Waals surface area (Å²) in [6, 6.07) is 7.06. The minimum Gasteiger partial charge on any atom is -0.457 e. The van der Waals surface area contributed by atoms with Gasteiger partial charge in [0.1, 0.15) is 35.3 Å². The summed E-state index contributed by atoms with van der Waals surface area (Å²) in [5, 5.41) is 20.7. The van der Waals surface area contributed by atoms with Crippen molar-refractivity contribution in [1.82, 2.24) is 30.0 Å². The molecule has 2 aliphatic rings. The maximum Gasteiger partial charge on any atom is 0.420 e. The van der Waals surface area contributed by atoms with Crippen molar-refractivity contribution in [2.45, 2.75) is 30.5 Å². The Kier molecular flexibility index (Phi) is 7.12. The van der Waals surface area contributed by atoms with Gasteiger partial charge in [-0.2, -0.15) is 18.3 Å². The number of likely N-dealkylation sites (tertiary alicyclic amines) is 1. The number of pyridine rings is 1. The number of fused-ring (bicyclic) bond motifs is 1. The van der Waals surface area contributed by atoms with Crippen molar-refractivity contribution in [2.75, 3.05) is 36.4 Å². The van der Waals surface area contributed by atoms with Crippen LogP contribution in [-0.4, -0.2) is 79.0 Å². The molecule has 0 aliphatic carbocycles. The second-order valence-corrected chi connectivity index (χ2v) is 10.5. The number of alkyl halides is 3. The Morgan fingerprint density at radius 2 is 1.88 bits per heavy atom. The standard InChI is InChI=1S/C28H26F4N8O3/c1-2-22(41)39-9-6-16(7-10-39)24-23-25(34-15-35-26(23)38-37-24)36-20-4-3-17(11-19(20)29)43-18-5-8-33-21(12-18)40-13-27(42,14-40)28(30,31)32/h2-5,8,11-12,15-16,42H,1,6-7,9-10,13-14H2,(H2,34,35,36,37,38). The molecule has 2 aliphatic heterocycles. The van der Waals surface area contributed by atoms with Crippen LogP contribution in [0.15, 0.2) is 55.5 Å². The van der Waals surface area contributed by atoms with Crippen LogP contribution in [0.5, 0.6) is 11.5 Å². The van der Waals surface area contributed by atoms with E-state index in [1.54, 1.807) is 4.90 Å². The lowest BCUT2D eigenvalue weighted by Crippen LogP contribution is -2.69. The van der Waals surface area contributed by atoms with E-state index in [-0.39, 0.29) is 34.8 Å². The first kappa shape index (κ1) is 28.3. The number of nitrogens with zero attached hydrogens (tertiary/aromatic N) is 6. The molecule has 0 atom stereocenters. The molecule has 3 aromatic heterocycles. The highest BCUT2D eigenvalue weighted by Gasteiger charge is 2.61. The van der Waals surface area contributed by atoms with Crippen LogP contribution < -0.4 is 15.0 Å². The van der Waals surface area contributed by atoms with Crippen molar-refractivity contribution in [2.24, 2.45) is 0 Å². The maximum absolute atomic E-state index is 15.2. The topological polar surface area (TPSA) is 132 Å². The highest BCUT2D eigenvalue weighted by Crippen LogP contribution is 2.40. The molecule has 2 saturated heterocycles. The smallest absolute Gasteiger partial charge is 0.420 e. The van der Waals surface area contributed by atoms with Gasteiger partial charge in [0.15, 0.2) is 11.2 Å². The van der Waals surface area contributed by atoms with E-state index in [9.17, 15) is 23.1 Å². The molecule has 15 heteroatoms. The van der Waals surface area contributed by atoms with Crippen LogP contribution >= 0.6 is 0 Å². The molecule has 0 saturated carbocycles. The van der Waals surface area contributed by atoms with Crippen LogP contribution in [0.1, 0.15) is 24.5 Å². The minimum atomic E-state index is -4.74. The van der Waals surface area contributed by atoms with Crippen LogP contribution in [0.2, 0.25) is 0 Å². The lowest BCUT2D eigenvalue weighted by molar-refractivity contribution is -0.267. The predicted molar refractivity (Wildman–Crippen MR) is 148 cm³/mol. The minimum absolute atomic E-state index is 0.0646. The van der Waals surface area contributed by atoms with Gasteiger partial charge < -0.3 is 25.0 Å². The van der Waals surface area contributed by atoms with E-state index in [2.05, 4.69) is 37.0 Å². The quantitative estimate of drug-likeness (QED) is 0.209. The molecule has 0 radical (unpaired) electrons. The van der Waals surface area contributed by atoms with Gasteiger partial charge in [0.05, 0.1) is 29.9 Å². The van der Waals surface area contributed by atoms with Gasteiger partial charge in [-0.1, -0.05) is 6.58 Å². The molecule has 6 rings (SSSR count). The SMILES string of the molecule is C=CC(=O)N1CCC(c2[nH]nc3ncnc(Nc4ccc(Oc5ccnc(N6CC(O)(C(F)(F)F)C6)c5)cc4F)c23)CC1. The number of piperidine rings is 1. The van der Waals surface area contributed by atoms with Gasteiger partial charge in [0.2, 0.25) is 5.91 Å². The number of aromatic nitrogens is 5. The Hall–Kier alpha value is -4.79. The van der Waals surface area contributed by atoms with E-state index in [4.69, 9.17) is 4.74 Å². The predicted octanol–water partition coefficient (Wildman–Crippen LogP) is 4.43. The molecule has 0 unspecified atom stereocenters. The summed E-state index contributed by atoms with van der Waals surface area (Å²) in [6.45, 7) is 3.38. The normalized spacial score (nSPS) is 17.0. The number of hydrogen-bond acceptors (Lipinski definition) is 9. The lowest BCUT2D eigenvalue weighted by atomic mass is 9.92. The molecule has 4 aromatic rings. The van der Waals surface area contributed by atoms with Gasteiger partial charge in [-0.05, 0) is 37.1 Å². The third kappa shape index (κ3) is 5.43. The number of aliphatic hydroxyl groups is 1. The first-order chi connectivity index (χ1) is 20.5. The molecule has 1 amide bonds. The summed E-state index contributed by atoms with van der Waals surface area (Å²) in [5.41, 5.74) is -1.45. The van der Waals surface area contributed by atoms with Gasteiger partial charge in [-0.3, -0.25) is 9.89 Å². The summed E-state index contributed by atoms with van der Waals surface area (Å²) in [7, 11) is 0. The van der Waals surface area contributed by atoms with Crippen LogP contribution in [0.4, 0.5) is 34.9 Å². The molecule has 1 aromatic carbocycles. The number of H-pyrrole nitrogens is 1. The molecular formula is C28H26F4N8O3. The van der Waals surface area contributed by atoms with E-state index < -0.39 is 30.7 Å². The number of ether oxygens (including phenoxy) is 1. The average Bonchev–Trinajstić information content (AvgIpc) is 3.41. The summed E-state index contributed by atoms with van der Waals surface area (Å²) in [5.74, 6) is 0.237. The Balaban J connectivity index is 1.16. The monoisotopic (exact) mass is 598 g/mol. The summed E-state index contributed by atoms with van der Waals surface area (Å²) in [4.78, 5) is 27.6. The number of aromatic amines is 1. The third-order valence-electron chi connectivity index (χ3n) is 7.67. The summed E-state index contributed by atoms with van der Waals surface area (Å²) < 4.78 is 59.9. The van der Waals surface area contributed by atoms with Crippen molar-refractivity contribution in [3.63, 3.8) is 0 Å². The number of β-amino-alcohol motifs (C(OH)–C–C–N with tert-alkyl or cyclic N) is 1. The molecule has 3 N–H and O–H groups in total. The number of rotatable bonds is 7. The van der Waals surface area contributed by atoms with Crippen LogP contribution in [0, 0.1) is 5.82 Å². The molecule has 11 nitrogen and oxygen atoms in total. The molecule has 5 heterocycles. The zero-order valence-electron chi connectivity index (χ0n) is 22.6. The van der Waals surface area contributed by atoms with Gasteiger partial charge in [-0.25, -0.2) is 19.3 Å². The Morgan fingerprint density at radius 3 is 2.58 bits per heavy atom. The third-order valence-corrected chi connectivity index (χ3v) is 7.67. The zero-order valence-corrected chi connectivity index (χ0v) is 22.6. The fraction of sp³-hybridized carbons (Fsp3) is 0.321. The van der Waals surface area contributed by atoms with Crippen LogP contribution in [0.25, 0.3) is 11.0 Å². The maximum atomic E-state index is 15.2. The number of hydrogen-bond donors (Lipinski definition) is 3. The Morgan fingerprint density at radius 1 is 1.14 bits per heavy atom. The number of halogens is 4. The van der Waals surface area contributed by atoms with E-state index in [0.29, 0.717) is 42.8 Å². The molecule has 224 valence electrons. The lowest BCUT2D eigenvalue weighted by Gasteiger charge is -2.47. The Labute approximate surface area is 242 Å². The highest BCUT2D eigenvalue weighted by atomic mass is 19.4. The van der Waals surface area contributed by atoms with Gasteiger partial charge in [-0.15, -0.1) is 0 Å². The zero-order chi connectivity index (χ0) is 30.4. The summed E-state index contributed by atoms with van der Waals surface area (Å²) >= 11 is 0. The van der Waals surface area contributed by atoms with E-state index in [1.807, 2.05) is 0 Å². The molecule has 0 spiro atoms. The fourth-order valence-corrected chi connectivity index (χ4v) is 5.27. The molecule has 2 fully saturated rings. The van der Waals surface area contributed by atoms with Gasteiger partial charge in [0.25, 0.3) is 0 Å². The number of anilines is 3. The number of carbonyl (C=O) groups excluding carboxylic acids is 1. The average molecular weight is 599 g/mol. The van der Waals surface area contributed by atoms with Gasteiger partial charge >= 0.3 is 6.18 Å². The highest BCUT2D eigenvalue weighted by molar-refractivity contribution is 5.91. The first-order valence-corrected chi connectivity index (χ1v) is 13.4. The van der Waals surface area contributed by atoms with Gasteiger partial charge in [0, 0.05) is 37.3 Å². The van der Waals surface area contributed by atoms with E-state index in [0.717, 1.165) is 11.8 Å². The second kappa shape index (κ2) is 10.8. The van der Waals surface area contributed by atoms with Crippen molar-refractivity contribution >= 4 is 34.3 Å². The van der Waals surface area contributed by atoms with Crippen molar-refractivity contribution < 1.29 is 32.2 Å². The van der Waals surface area contributed by atoms with Crippen molar-refractivity contribution in [1.29, 1.82) is 0 Å².